The van der Waals surface area contributed by atoms with Crippen LogP contribution in [-0.2, 0) is 4.79 Å². The van der Waals surface area contributed by atoms with Crippen LogP contribution in [0.4, 0.5) is 16.2 Å². The molecule has 0 spiro atoms. The van der Waals surface area contributed by atoms with Crippen LogP contribution in [0.2, 0.25) is 0 Å². The molecule has 0 radical (unpaired) electrons. The predicted molar refractivity (Wildman–Crippen MR) is 89.3 cm³/mol. The number of carbonyl (C=O) groups is 2. The summed E-state index contributed by atoms with van der Waals surface area (Å²) in [5.74, 6) is -0.227. The number of thiophene rings is 1. The molecular formula is C14H12BrN3O2S. The van der Waals surface area contributed by atoms with Gasteiger partial charge in [-0.05, 0) is 58.4 Å². The molecule has 108 valence electrons. The highest BCUT2D eigenvalue weighted by Gasteiger charge is 2.00. The van der Waals surface area contributed by atoms with Gasteiger partial charge in [0.2, 0.25) is 5.91 Å². The first-order valence-corrected chi connectivity index (χ1v) is 7.55. The fraction of sp³-hybridized carbons (Fsp3) is 0. The second-order valence-electron chi connectivity index (χ2n) is 4.03. The summed E-state index contributed by atoms with van der Waals surface area (Å²) in [4.78, 5) is 23.4. The van der Waals surface area contributed by atoms with Crippen molar-refractivity contribution < 1.29 is 9.59 Å². The molecule has 2 aromatic rings. The van der Waals surface area contributed by atoms with Crippen LogP contribution in [-0.4, -0.2) is 11.9 Å². The molecule has 0 aliphatic rings. The van der Waals surface area contributed by atoms with E-state index in [4.69, 9.17) is 5.73 Å². The average molecular weight is 366 g/mol. The molecule has 4 N–H and O–H groups in total. The van der Waals surface area contributed by atoms with Gasteiger partial charge < -0.3 is 16.4 Å². The van der Waals surface area contributed by atoms with Crippen molar-refractivity contribution in [3.8, 4) is 0 Å². The summed E-state index contributed by atoms with van der Waals surface area (Å²) in [5.41, 5.74) is 6.21. The Bertz CT molecular complexity index is 680. The van der Waals surface area contributed by atoms with Crippen molar-refractivity contribution in [2.24, 2.45) is 5.73 Å². The summed E-state index contributed by atoms with van der Waals surface area (Å²) >= 11 is 4.90. The fourth-order valence-electron chi connectivity index (χ4n) is 1.54. The molecule has 2 rings (SSSR count). The van der Waals surface area contributed by atoms with Gasteiger partial charge in [0, 0.05) is 22.3 Å². The standard InChI is InChI=1S/C14H12BrN3O2S/c15-12-7-5-11(21-12)6-8-13(19)17-9-1-3-10(4-2-9)18-14(16)20/h1-8H,(H,17,19)(H3,16,18,20)/b8-6+. The number of nitrogens with two attached hydrogens (primary N) is 1. The Hall–Kier alpha value is -2.12. The SMILES string of the molecule is NC(=O)Nc1ccc(NC(=O)/C=C/c2ccc(Br)s2)cc1. The lowest BCUT2D eigenvalue weighted by Gasteiger charge is -2.04. The van der Waals surface area contributed by atoms with Gasteiger partial charge in [0.25, 0.3) is 0 Å². The number of carbonyl (C=O) groups excluding carboxylic acids is 2. The summed E-state index contributed by atoms with van der Waals surface area (Å²) in [5, 5.41) is 5.17. The van der Waals surface area contributed by atoms with Crippen LogP contribution in [0.3, 0.4) is 0 Å². The number of anilines is 2. The quantitative estimate of drug-likeness (QED) is 0.722. The second kappa shape index (κ2) is 7.05. The van der Waals surface area contributed by atoms with Gasteiger partial charge in [0.05, 0.1) is 3.79 Å². The van der Waals surface area contributed by atoms with E-state index in [2.05, 4.69) is 26.6 Å². The molecule has 1 aromatic heterocycles. The molecule has 0 aliphatic carbocycles. The number of urea groups is 1. The molecule has 0 bridgehead atoms. The number of amides is 3. The molecular weight excluding hydrogens is 354 g/mol. The third-order valence-corrected chi connectivity index (χ3v) is 4.00. The molecule has 0 unspecified atom stereocenters. The maximum absolute atomic E-state index is 11.8. The van der Waals surface area contributed by atoms with E-state index in [0.29, 0.717) is 11.4 Å². The van der Waals surface area contributed by atoms with Gasteiger partial charge >= 0.3 is 6.03 Å². The van der Waals surface area contributed by atoms with Gasteiger partial charge in [-0.25, -0.2) is 4.79 Å². The highest BCUT2D eigenvalue weighted by Crippen LogP contribution is 2.23. The number of benzene rings is 1. The summed E-state index contributed by atoms with van der Waals surface area (Å²) in [6.45, 7) is 0. The van der Waals surface area contributed by atoms with Crippen LogP contribution >= 0.6 is 27.3 Å². The zero-order valence-corrected chi connectivity index (χ0v) is 13.2. The van der Waals surface area contributed by atoms with Crippen molar-refractivity contribution in [2.45, 2.75) is 0 Å². The molecule has 1 aromatic carbocycles. The number of rotatable bonds is 4. The van der Waals surface area contributed by atoms with Gasteiger partial charge in [-0.1, -0.05) is 0 Å². The molecule has 1 heterocycles. The van der Waals surface area contributed by atoms with Crippen LogP contribution < -0.4 is 16.4 Å². The molecule has 0 atom stereocenters. The largest absolute Gasteiger partial charge is 0.351 e. The molecule has 0 fully saturated rings. The number of hydrogen-bond donors (Lipinski definition) is 3. The zero-order valence-electron chi connectivity index (χ0n) is 10.8. The van der Waals surface area contributed by atoms with Gasteiger partial charge in [-0.2, -0.15) is 0 Å². The Labute approximate surface area is 134 Å². The Morgan fingerprint density at radius 3 is 2.19 bits per heavy atom. The van der Waals surface area contributed by atoms with Crippen molar-refractivity contribution in [3.05, 3.63) is 51.1 Å². The van der Waals surface area contributed by atoms with E-state index in [9.17, 15) is 9.59 Å². The summed E-state index contributed by atoms with van der Waals surface area (Å²) < 4.78 is 1.01. The van der Waals surface area contributed by atoms with Crippen molar-refractivity contribution >= 4 is 56.7 Å². The summed E-state index contributed by atoms with van der Waals surface area (Å²) in [6, 6.07) is 9.88. The lowest BCUT2D eigenvalue weighted by Crippen LogP contribution is -2.19. The molecule has 0 aliphatic heterocycles. The van der Waals surface area contributed by atoms with E-state index >= 15 is 0 Å². The van der Waals surface area contributed by atoms with Gasteiger partial charge in [0.1, 0.15) is 0 Å². The van der Waals surface area contributed by atoms with Gasteiger partial charge in [-0.15, -0.1) is 11.3 Å². The number of halogens is 1. The van der Waals surface area contributed by atoms with Crippen molar-refractivity contribution in [1.29, 1.82) is 0 Å². The number of hydrogen-bond acceptors (Lipinski definition) is 3. The maximum atomic E-state index is 11.8. The van der Waals surface area contributed by atoms with E-state index in [1.165, 1.54) is 6.08 Å². The lowest BCUT2D eigenvalue weighted by atomic mass is 10.2. The molecule has 21 heavy (non-hydrogen) atoms. The minimum absolute atomic E-state index is 0.227. The summed E-state index contributed by atoms with van der Waals surface area (Å²) in [7, 11) is 0. The van der Waals surface area contributed by atoms with E-state index < -0.39 is 6.03 Å². The van der Waals surface area contributed by atoms with E-state index in [1.807, 2.05) is 12.1 Å². The van der Waals surface area contributed by atoms with Crippen molar-refractivity contribution in [3.63, 3.8) is 0 Å². The minimum atomic E-state index is -0.628. The van der Waals surface area contributed by atoms with Crippen LogP contribution in [0.1, 0.15) is 4.88 Å². The van der Waals surface area contributed by atoms with Gasteiger partial charge in [0.15, 0.2) is 0 Å². The maximum Gasteiger partial charge on any atom is 0.316 e. The number of nitrogens with one attached hydrogen (secondary N) is 2. The Morgan fingerprint density at radius 1 is 1.05 bits per heavy atom. The van der Waals surface area contributed by atoms with E-state index in [0.717, 1.165) is 8.66 Å². The van der Waals surface area contributed by atoms with Crippen LogP contribution in [0, 0.1) is 0 Å². The molecule has 0 saturated heterocycles. The van der Waals surface area contributed by atoms with Crippen LogP contribution in [0.15, 0.2) is 46.3 Å². The van der Waals surface area contributed by atoms with Crippen LogP contribution in [0.25, 0.3) is 6.08 Å². The fourth-order valence-corrected chi connectivity index (χ4v) is 2.87. The normalized spacial score (nSPS) is 10.5. The topological polar surface area (TPSA) is 84.2 Å². The molecule has 3 amide bonds. The third kappa shape index (κ3) is 5.05. The first-order chi connectivity index (χ1) is 10.0. The Morgan fingerprint density at radius 2 is 1.67 bits per heavy atom. The molecule has 7 heteroatoms. The zero-order chi connectivity index (χ0) is 15.2. The molecule has 5 nitrogen and oxygen atoms in total. The first-order valence-electron chi connectivity index (χ1n) is 5.94. The third-order valence-electron chi connectivity index (χ3n) is 2.41. The van der Waals surface area contributed by atoms with Crippen LogP contribution in [0.5, 0.6) is 0 Å². The second-order valence-corrected chi connectivity index (χ2v) is 6.53. The van der Waals surface area contributed by atoms with E-state index in [-0.39, 0.29) is 5.91 Å². The highest BCUT2D eigenvalue weighted by atomic mass is 79.9. The predicted octanol–water partition coefficient (Wildman–Crippen LogP) is 3.65. The molecule has 0 saturated carbocycles. The van der Waals surface area contributed by atoms with E-state index in [1.54, 1.807) is 41.7 Å². The average Bonchev–Trinajstić information content (AvgIpc) is 2.84. The summed E-state index contributed by atoms with van der Waals surface area (Å²) in [6.07, 6.45) is 3.21. The first kappa shape index (κ1) is 15.3. The number of primary amides is 1. The van der Waals surface area contributed by atoms with Crippen molar-refractivity contribution in [2.75, 3.05) is 10.6 Å². The lowest BCUT2D eigenvalue weighted by molar-refractivity contribution is -0.111. The smallest absolute Gasteiger partial charge is 0.316 e. The highest BCUT2D eigenvalue weighted by molar-refractivity contribution is 9.11. The Balaban J connectivity index is 1.93. The monoisotopic (exact) mass is 365 g/mol. The van der Waals surface area contributed by atoms with Gasteiger partial charge in [-0.3, -0.25) is 4.79 Å². The Kier molecular flexibility index (Phi) is 5.13. The van der Waals surface area contributed by atoms with Crippen molar-refractivity contribution in [1.82, 2.24) is 0 Å². The minimum Gasteiger partial charge on any atom is -0.351 e.